The Bertz CT molecular complexity index is 958. The average Bonchev–Trinajstić information content (AvgIpc) is 3.37. The van der Waals surface area contributed by atoms with Crippen LogP contribution in [0.3, 0.4) is 0 Å². The molecule has 1 N–H and O–H groups in total. The number of hydrogen-bond donors (Lipinski definition) is 1. The first-order valence-electron chi connectivity index (χ1n) is 10.6. The van der Waals surface area contributed by atoms with E-state index < -0.39 is 9.84 Å². The standard InChI is InChI=1S/C21H29N3O6S/c1-14(21(26)23(2)17-7-10-31(27,28)12-17)24-8-5-15(6-9-24)20(25)22-16-3-4-18-19(11-16)30-13-29-18/h3-4,11,14-15,17H,5-10,12-13H2,1-2H3,(H,22,25)/t14-,17-/m1/s1. The molecule has 1 aromatic carbocycles. The van der Waals surface area contributed by atoms with E-state index in [9.17, 15) is 18.0 Å². The van der Waals surface area contributed by atoms with Crippen molar-refractivity contribution in [3.05, 3.63) is 18.2 Å². The van der Waals surface area contributed by atoms with Gasteiger partial charge in [0.2, 0.25) is 18.6 Å². The molecular weight excluding hydrogens is 422 g/mol. The molecule has 2 fully saturated rings. The van der Waals surface area contributed by atoms with E-state index in [0.717, 1.165) is 0 Å². The fraction of sp³-hybridized carbons (Fsp3) is 0.619. The van der Waals surface area contributed by atoms with Crippen molar-refractivity contribution >= 4 is 27.3 Å². The summed E-state index contributed by atoms with van der Waals surface area (Å²) in [7, 11) is -1.35. The highest BCUT2D eigenvalue weighted by molar-refractivity contribution is 7.91. The molecule has 0 saturated carbocycles. The number of amides is 2. The topological polar surface area (TPSA) is 105 Å². The average molecular weight is 452 g/mol. The minimum Gasteiger partial charge on any atom is -0.454 e. The first kappa shape index (κ1) is 21.9. The number of fused-ring (bicyclic) bond motifs is 1. The van der Waals surface area contributed by atoms with E-state index >= 15 is 0 Å². The second-order valence-corrected chi connectivity index (χ2v) is 10.8. The molecule has 3 aliphatic heterocycles. The van der Waals surface area contributed by atoms with Gasteiger partial charge in [0.25, 0.3) is 0 Å². The highest BCUT2D eigenvalue weighted by Gasteiger charge is 2.36. The smallest absolute Gasteiger partial charge is 0.239 e. The van der Waals surface area contributed by atoms with Crippen LogP contribution >= 0.6 is 0 Å². The lowest BCUT2D eigenvalue weighted by Crippen LogP contribution is -2.52. The monoisotopic (exact) mass is 451 g/mol. The molecule has 0 aliphatic carbocycles. The molecule has 3 aliphatic rings. The largest absolute Gasteiger partial charge is 0.454 e. The summed E-state index contributed by atoms with van der Waals surface area (Å²) in [5.74, 6) is 1.26. The van der Waals surface area contributed by atoms with E-state index in [0.29, 0.717) is 49.5 Å². The zero-order valence-electron chi connectivity index (χ0n) is 17.9. The summed E-state index contributed by atoms with van der Waals surface area (Å²) in [4.78, 5) is 29.2. The fourth-order valence-corrected chi connectivity index (χ4v) is 6.25. The van der Waals surface area contributed by atoms with Gasteiger partial charge in [-0.15, -0.1) is 0 Å². The Kier molecular flexibility index (Phi) is 6.11. The predicted octanol–water partition coefficient (Wildman–Crippen LogP) is 1.10. The van der Waals surface area contributed by atoms with Gasteiger partial charge >= 0.3 is 0 Å². The van der Waals surface area contributed by atoms with Crippen molar-refractivity contribution < 1.29 is 27.5 Å². The fourth-order valence-electron chi connectivity index (χ4n) is 4.48. The molecule has 0 spiro atoms. The van der Waals surface area contributed by atoms with Gasteiger partial charge in [0, 0.05) is 30.8 Å². The van der Waals surface area contributed by atoms with Crippen LogP contribution in [0.5, 0.6) is 11.5 Å². The van der Waals surface area contributed by atoms with Crippen LogP contribution in [0.15, 0.2) is 18.2 Å². The molecule has 0 radical (unpaired) electrons. The van der Waals surface area contributed by atoms with Gasteiger partial charge in [0.15, 0.2) is 21.3 Å². The SMILES string of the molecule is C[C@H](C(=O)N(C)[C@@H]1CCS(=O)(=O)C1)N1CCC(C(=O)Nc2ccc3c(c2)OCO3)CC1. The first-order valence-corrected chi connectivity index (χ1v) is 12.5. The number of anilines is 1. The normalized spacial score (nSPS) is 24.0. The van der Waals surface area contributed by atoms with Gasteiger partial charge in [0.1, 0.15) is 0 Å². The number of carbonyl (C=O) groups excluding carboxylic acids is 2. The van der Waals surface area contributed by atoms with Gasteiger partial charge in [0.05, 0.1) is 17.5 Å². The molecule has 170 valence electrons. The number of piperidine rings is 1. The predicted molar refractivity (Wildman–Crippen MR) is 115 cm³/mol. The molecule has 2 saturated heterocycles. The van der Waals surface area contributed by atoms with Gasteiger partial charge in [-0.2, -0.15) is 0 Å². The summed E-state index contributed by atoms with van der Waals surface area (Å²) in [6.07, 6.45) is 1.82. The number of sulfone groups is 1. The third kappa shape index (κ3) is 4.79. The van der Waals surface area contributed by atoms with E-state index in [-0.39, 0.29) is 48.1 Å². The third-order valence-electron chi connectivity index (χ3n) is 6.55. The number of rotatable bonds is 5. The molecule has 2 atom stereocenters. The van der Waals surface area contributed by atoms with Crippen molar-refractivity contribution in [2.75, 3.05) is 43.8 Å². The number of hydrogen-bond acceptors (Lipinski definition) is 7. The maximum Gasteiger partial charge on any atom is 0.239 e. The van der Waals surface area contributed by atoms with E-state index in [1.807, 2.05) is 6.92 Å². The zero-order chi connectivity index (χ0) is 22.2. The summed E-state index contributed by atoms with van der Waals surface area (Å²) < 4.78 is 34.1. The Labute approximate surface area is 182 Å². The van der Waals surface area contributed by atoms with E-state index in [2.05, 4.69) is 10.2 Å². The number of likely N-dealkylation sites (N-methyl/N-ethyl adjacent to an activating group) is 1. The quantitative estimate of drug-likeness (QED) is 0.715. The van der Waals surface area contributed by atoms with Crippen molar-refractivity contribution in [3.8, 4) is 11.5 Å². The van der Waals surface area contributed by atoms with Crippen molar-refractivity contribution in [1.82, 2.24) is 9.80 Å². The maximum atomic E-state index is 12.9. The van der Waals surface area contributed by atoms with Crippen molar-refractivity contribution in [3.63, 3.8) is 0 Å². The van der Waals surface area contributed by atoms with Crippen LogP contribution < -0.4 is 14.8 Å². The molecule has 0 bridgehead atoms. The van der Waals surface area contributed by atoms with Gasteiger partial charge in [-0.05, 0) is 51.4 Å². The first-order chi connectivity index (χ1) is 14.7. The Morgan fingerprint density at radius 1 is 1.16 bits per heavy atom. The van der Waals surface area contributed by atoms with Crippen molar-refractivity contribution in [1.29, 1.82) is 0 Å². The summed E-state index contributed by atoms with van der Waals surface area (Å²) in [6, 6.07) is 4.74. The summed E-state index contributed by atoms with van der Waals surface area (Å²) in [6.45, 7) is 3.33. The lowest BCUT2D eigenvalue weighted by Gasteiger charge is -2.37. The van der Waals surface area contributed by atoms with E-state index in [4.69, 9.17) is 9.47 Å². The van der Waals surface area contributed by atoms with Crippen LogP contribution in [0, 0.1) is 5.92 Å². The highest BCUT2D eigenvalue weighted by atomic mass is 32.2. The van der Waals surface area contributed by atoms with Crippen LogP contribution in [0.25, 0.3) is 0 Å². The molecule has 3 heterocycles. The van der Waals surface area contributed by atoms with Crippen LogP contribution in [-0.2, 0) is 19.4 Å². The molecule has 10 heteroatoms. The number of carbonyl (C=O) groups is 2. The zero-order valence-corrected chi connectivity index (χ0v) is 18.7. The number of nitrogens with zero attached hydrogens (tertiary/aromatic N) is 2. The van der Waals surface area contributed by atoms with Gasteiger partial charge in [-0.3, -0.25) is 14.5 Å². The van der Waals surface area contributed by atoms with Gasteiger partial charge in [-0.25, -0.2) is 8.42 Å². The lowest BCUT2D eigenvalue weighted by molar-refractivity contribution is -0.137. The number of likely N-dealkylation sites (tertiary alicyclic amines) is 1. The highest BCUT2D eigenvalue weighted by Crippen LogP contribution is 2.34. The third-order valence-corrected chi connectivity index (χ3v) is 8.30. The Morgan fingerprint density at radius 2 is 1.87 bits per heavy atom. The summed E-state index contributed by atoms with van der Waals surface area (Å²) in [5, 5.41) is 2.95. The summed E-state index contributed by atoms with van der Waals surface area (Å²) in [5.41, 5.74) is 0.674. The lowest BCUT2D eigenvalue weighted by atomic mass is 9.94. The number of nitrogens with one attached hydrogen (secondary N) is 1. The van der Waals surface area contributed by atoms with Crippen LogP contribution in [0.2, 0.25) is 0 Å². The van der Waals surface area contributed by atoms with Crippen LogP contribution in [0.1, 0.15) is 26.2 Å². The molecule has 1 aromatic rings. The molecular formula is C21H29N3O6S. The van der Waals surface area contributed by atoms with Gasteiger partial charge < -0.3 is 19.7 Å². The Balaban J connectivity index is 1.27. The maximum absolute atomic E-state index is 12.9. The Morgan fingerprint density at radius 3 is 2.55 bits per heavy atom. The Hall–Kier alpha value is -2.33. The molecule has 0 unspecified atom stereocenters. The number of ether oxygens (including phenoxy) is 2. The minimum atomic E-state index is -3.04. The van der Waals surface area contributed by atoms with Crippen molar-refractivity contribution in [2.24, 2.45) is 5.92 Å². The van der Waals surface area contributed by atoms with E-state index in [1.54, 1.807) is 30.1 Å². The van der Waals surface area contributed by atoms with Crippen LogP contribution in [-0.4, -0.2) is 80.6 Å². The molecule has 0 aromatic heterocycles. The number of benzene rings is 1. The molecule has 9 nitrogen and oxygen atoms in total. The molecule has 2 amide bonds. The van der Waals surface area contributed by atoms with Crippen LogP contribution in [0.4, 0.5) is 5.69 Å². The second-order valence-electron chi connectivity index (χ2n) is 8.55. The second kappa shape index (κ2) is 8.66. The van der Waals surface area contributed by atoms with E-state index in [1.165, 1.54) is 0 Å². The summed E-state index contributed by atoms with van der Waals surface area (Å²) >= 11 is 0. The van der Waals surface area contributed by atoms with Crippen molar-refractivity contribution in [2.45, 2.75) is 38.3 Å². The minimum absolute atomic E-state index is 0.0363. The molecule has 4 rings (SSSR count). The van der Waals surface area contributed by atoms with Gasteiger partial charge in [-0.1, -0.05) is 0 Å². The molecule has 31 heavy (non-hydrogen) atoms.